The van der Waals surface area contributed by atoms with Crippen LogP contribution < -0.4 is 5.32 Å². The Morgan fingerprint density at radius 1 is 1.30 bits per heavy atom. The monoisotopic (exact) mass is 386 g/mol. The van der Waals surface area contributed by atoms with Gasteiger partial charge in [0.25, 0.3) is 5.69 Å². The summed E-state index contributed by atoms with van der Waals surface area (Å²) in [5, 5.41) is 14.5. The van der Waals surface area contributed by atoms with E-state index in [4.69, 9.17) is 16.0 Å². The van der Waals surface area contributed by atoms with Gasteiger partial charge in [0.1, 0.15) is 5.58 Å². The molecule has 0 unspecified atom stereocenters. The summed E-state index contributed by atoms with van der Waals surface area (Å²) in [7, 11) is 0. The molecule has 1 aromatic heterocycles. The lowest BCUT2D eigenvalue weighted by atomic mass is 9.95. The number of nitrogens with one attached hydrogen (secondary N) is 1. The number of aryl methyl sites for hydroxylation is 1. The summed E-state index contributed by atoms with van der Waals surface area (Å²) >= 11 is 6.03. The predicted molar refractivity (Wildman–Crippen MR) is 105 cm³/mol. The number of furan rings is 1. The van der Waals surface area contributed by atoms with Crippen molar-refractivity contribution in [3.05, 3.63) is 68.4 Å². The van der Waals surface area contributed by atoms with E-state index < -0.39 is 4.92 Å². The predicted octanol–water partition coefficient (Wildman–Crippen LogP) is 5.61. The number of nitrogens with zero attached hydrogens (tertiary/aromatic N) is 1. The average Bonchev–Trinajstić information content (AvgIpc) is 2.97. The Morgan fingerprint density at radius 3 is 2.67 bits per heavy atom. The first-order valence-electron chi connectivity index (χ1n) is 8.50. The highest BCUT2D eigenvalue weighted by atomic mass is 35.5. The van der Waals surface area contributed by atoms with E-state index in [-0.39, 0.29) is 23.0 Å². The van der Waals surface area contributed by atoms with Gasteiger partial charge in [-0.2, -0.15) is 0 Å². The molecule has 0 radical (unpaired) electrons. The standard InChI is InChI=1S/C20H19ClN2O4/c1-11(2)15-9-16-13(10-27-19(16)6-12(15)3)7-20(24)22-18-5-4-14(23(25)26)8-17(18)21/h4-6,8-11H,7H2,1-3H3,(H,22,24). The molecule has 0 aliphatic carbocycles. The fourth-order valence-electron chi connectivity index (χ4n) is 3.09. The lowest BCUT2D eigenvalue weighted by molar-refractivity contribution is -0.384. The van der Waals surface area contributed by atoms with Gasteiger partial charge in [0.15, 0.2) is 0 Å². The van der Waals surface area contributed by atoms with Crippen molar-refractivity contribution in [3.8, 4) is 0 Å². The first-order chi connectivity index (χ1) is 12.8. The van der Waals surface area contributed by atoms with E-state index >= 15 is 0 Å². The third kappa shape index (κ3) is 3.95. The molecule has 0 saturated heterocycles. The van der Waals surface area contributed by atoms with Gasteiger partial charge in [-0.15, -0.1) is 0 Å². The Labute approximate surface area is 161 Å². The molecule has 3 rings (SSSR count). The van der Waals surface area contributed by atoms with Gasteiger partial charge in [0, 0.05) is 23.1 Å². The number of nitro groups is 1. The number of hydrogen-bond acceptors (Lipinski definition) is 4. The van der Waals surface area contributed by atoms with Gasteiger partial charge in [-0.25, -0.2) is 0 Å². The van der Waals surface area contributed by atoms with Crippen molar-refractivity contribution in [2.24, 2.45) is 0 Å². The molecule has 2 aromatic carbocycles. The molecule has 27 heavy (non-hydrogen) atoms. The number of nitro benzene ring substituents is 1. The number of fused-ring (bicyclic) bond motifs is 1. The Morgan fingerprint density at radius 2 is 2.04 bits per heavy atom. The van der Waals surface area contributed by atoms with Crippen LogP contribution in [0.3, 0.4) is 0 Å². The van der Waals surface area contributed by atoms with Crippen molar-refractivity contribution in [1.82, 2.24) is 0 Å². The minimum atomic E-state index is -0.538. The molecule has 7 heteroatoms. The normalized spacial score (nSPS) is 11.1. The fourth-order valence-corrected chi connectivity index (χ4v) is 3.31. The van der Waals surface area contributed by atoms with Gasteiger partial charge in [-0.1, -0.05) is 25.4 Å². The molecule has 140 valence electrons. The zero-order chi connectivity index (χ0) is 19.7. The Hall–Kier alpha value is -2.86. The molecule has 3 aromatic rings. The molecule has 1 amide bonds. The lowest BCUT2D eigenvalue weighted by Crippen LogP contribution is -2.14. The number of anilines is 1. The third-order valence-corrected chi connectivity index (χ3v) is 4.77. The quantitative estimate of drug-likeness (QED) is 0.456. The van der Waals surface area contributed by atoms with Crippen LogP contribution in [-0.2, 0) is 11.2 Å². The molecule has 1 N–H and O–H groups in total. The number of rotatable bonds is 5. The maximum atomic E-state index is 12.4. The van der Waals surface area contributed by atoms with Crippen LogP contribution in [0, 0.1) is 17.0 Å². The second-order valence-corrected chi connectivity index (χ2v) is 7.17. The van der Waals surface area contributed by atoms with E-state index in [2.05, 4.69) is 25.2 Å². The molecule has 0 atom stereocenters. The number of hydrogen-bond donors (Lipinski definition) is 1. The molecule has 0 bridgehead atoms. The SMILES string of the molecule is Cc1cc2occ(CC(=O)Nc3ccc([N+](=O)[O-])cc3Cl)c2cc1C(C)C. The summed E-state index contributed by atoms with van der Waals surface area (Å²) < 4.78 is 5.60. The van der Waals surface area contributed by atoms with E-state index in [0.29, 0.717) is 11.6 Å². The minimum absolute atomic E-state index is 0.112. The third-order valence-electron chi connectivity index (χ3n) is 4.45. The first kappa shape index (κ1) is 18.9. The maximum Gasteiger partial charge on any atom is 0.271 e. The van der Waals surface area contributed by atoms with Crippen LogP contribution in [0.15, 0.2) is 41.0 Å². The topological polar surface area (TPSA) is 85.4 Å². The van der Waals surface area contributed by atoms with Crippen molar-refractivity contribution in [3.63, 3.8) is 0 Å². The van der Waals surface area contributed by atoms with E-state index in [1.165, 1.54) is 23.8 Å². The molecule has 6 nitrogen and oxygen atoms in total. The molecular weight excluding hydrogens is 368 g/mol. The Kier molecular flexibility index (Phi) is 5.19. The first-order valence-corrected chi connectivity index (χ1v) is 8.88. The van der Waals surface area contributed by atoms with Crippen molar-refractivity contribution < 1.29 is 14.1 Å². The molecule has 1 heterocycles. The minimum Gasteiger partial charge on any atom is -0.464 e. The second kappa shape index (κ2) is 7.40. The molecule has 0 spiro atoms. The van der Waals surface area contributed by atoms with Gasteiger partial charge < -0.3 is 9.73 Å². The van der Waals surface area contributed by atoms with Gasteiger partial charge in [-0.05, 0) is 42.2 Å². The summed E-state index contributed by atoms with van der Waals surface area (Å²) in [6, 6.07) is 7.99. The number of halogens is 1. The summed E-state index contributed by atoms with van der Waals surface area (Å²) in [4.78, 5) is 22.7. The van der Waals surface area contributed by atoms with E-state index in [1.54, 1.807) is 6.26 Å². The second-order valence-electron chi connectivity index (χ2n) is 6.77. The summed E-state index contributed by atoms with van der Waals surface area (Å²) in [5.41, 5.74) is 4.09. The molecular formula is C20H19ClN2O4. The van der Waals surface area contributed by atoms with Crippen LogP contribution in [0.1, 0.15) is 36.5 Å². The van der Waals surface area contributed by atoms with Crippen LogP contribution >= 0.6 is 11.6 Å². The highest BCUT2D eigenvalue weighted by Crippen LogP contribution is 2.30. The zero-order valence-electron chi connectivity index (χ0n) is 15.2. The Bertz CT molecular complexity index is 1040. The number of benzene rings is 2. The van der Waals surface area contributed by atoms with Crippen molar-refractivity contribution >= 4 is 39.9 Å². The van der Waals surface area contributed by atoms with Crippen molar-refractivity contribution in [1.29, 1.82) is 0 Å². The number of carbonyl (C=O) groups excluding carboxylic acids is 1. The fraction of sp³-hybridized carbons (Fsp3) is 0.250. The van der Waals surface area contributed by atoms with Crippen LogP contribution in [0.5, 0.6) is 0 Å². The van der Waals surface area contributed by atoms with E-state index in [0.717, 1.165) is 22.1 Å². The largest absolute Gasteiger partial charge is 0.464 e. The number of non-ortho nitro benzene ring substituents is 1. The van der Waals surface area contributed by atoms with E-state index in [9.17, 15) is 14.9 Å². The van der Waals surface area contributed by atoms with Crippen LogP contribution in [0.25, 0.3) is 11.0 Å². The highest BCUT2D eigenvalue weighted by Gasteiger charge is 2.16. The number of amides is 1. The molecule has 0 fully saturated rings. The summed E-state index contributed by atoms with van der Waals surface area (Å²) in [6.45, 7) is 6.29. The summed E-state index contributed by atoms with van der Waals surface area (Å²) in [5.74, 6) is 0.0880. The maximum absolute atomic E-state index is 12.4. The van der Waals surface area contributed by atoms with Gasteiger partial charge in [0.2, 0.25) is 5.91 Å². The van der Waals surface area contributed by atoms with Gasteiger partial charge in [0.05, 0.1) is 28.3 Å². The van der Waals surface area contributed by atoms with Crippen LogP contribution in [0.4, 0.5) is 11.4 Å². The molecule has 0 saturated carbocycles. The highest BCUT2D eigenvalue weighted by molar-refractivity contribution is 6.34. The van der Waals surface area contributed by atoms with E-state index in [1.807, 2.05) is 13.0 Å². The molecule has 0 aliphatic rings. The summed E-state index contributed by atoms with van der Waals surface area (Å²) in [6.07, 6.45) is 1.70. The Balaban J connectivity index is 1.82. The van der Waals surface area contributed by atoms with Crippen LogP contribution in [-0.4, -0.2) is 10.8 Å². The smallest absolute Gasteiger partial charge is 0.271 e. The molecule has 0 aliphatic heterocycles. The van der Waals surface area contributed by atoms with Crippen LogP contribution in [0.2, 0.25) is 5.02 Å². The van der Waals surface area contributed by atoms with Crippen molar-refractivity contribution in [2.75, 3.05) is 5.32 Å². The number of carbonyl (C=O) groups is 1. The lowest BCUT2D eigenvalue weighted by Gasteiger charge is -2.10. The zero-order valence-corrected chi connectivity index (χ0v) is 16.0. The van der Waals surface area contributed by atoms with Gasteiger partial charge in [-0.3, -0.25) is 14.9 Å². The van der Waals surface area contributed by atoms with Gasteiger partial charge >= 0.3 is 0 Å². The van der Waals surface area contributed by atoms with Crippen molar-refractivity contribution in [2.45, 2.75) is 33.1 Å². The average molecular weight is 387 g/mol.